The van der Waals surface area contributed by atoms with Crippen LogP contribution in [0.2, 0.25) is 0 Å². The van der Waals surface area contributed by atoms with Crippen LogP contribution in [0.4, 0.5) is 5.82 Å². The summed E-state index contributed by atoms with van der Waals surface area (Å²) in [5, 5.41) is 10.0. The van der Waals surface area contributed by atoms with Crippen molar-refractivity contribution in [3.05, 3.63) is 23.9 Å². The van der Waals surface area contributed by atoms with Gasteiger partial charge >= 0.3 is 0 Å². The number of aliphatic hydroxyl groups is 1. The molecule has 1 aromatic heterocycles. The van der Waals surface area contributed by atoms with Crippen molar-refractivity contribution >= 4 is 5.82 Å². The predicted octanol–water partition coefficient (Wildman–Crippen LogP) is 2.13. The zero-order chi connectivity index (χ0) is 11.5. The van der Waals surface area contributed by atoms with Crippen LogP contribution < -0.4 is 4.90 Å². The Morgan fingerprint density at radius 2 is 2.12 bits per heavy atom. The number of pyridine rings is 1. The maximum Gasteiger partial charge on any atom is 0.131 e. The summed E-state index contributed by atoms with van der Waals surface area (Å²) in [6.07, 6.45) is 5.94. The highest BCUT2D eigenvalue weighted by Gasteiger charge is 2.27. The van der Waals surface area contributed by atoms with Crippen LogP contribution in [0, 0.1) is 6.92 Å². The van der Waals surface area contributed by atoms with E-state index in [2.05, 4.69) is 22.9 Å². The van der Waals surface area contributed by atoms with Crippen molar-refractivity contribution < 1.29 is 5.11 Å². The molecule has 2 atom stereocenters. The third-order valence-electron chi connectivity index (χ3n) is 3.51. The Kier molecular flexibility index (Phi) is 3.44. The predicted molar refractivity (Wildman–Crippen MR) is 65.6 cm³/mol. The van der Waals surface area contributed by atoms with Crippen molar-refractivity contribution in [1.82, 2.24) is 4.98 Å². The first-order chi connectivity index (χ1) is 7.70. The molecule has 0 bridgehead atoms. The summed E-state index contributed by atoms with van der Waals surface area (Å²) in [6, 6.07) is 4.24. The molecule has 88 valence electrons. The number of hydrogen-bond donors (Lipinski definition) is 1. The molecule has 3 nitrogen and oxygen atoms in total. The molecule has 1 N–H and O–H groups in total. The van der Waals surface area contributed by atoms with Crippen molar-refractivity contribution in [2.75, 3.05) is 11.9 Å². The highest BCUT2D eigenvalue weighted by Crippen LogP contribution is 2.26. The Balaban J connectivity index is 2.17. The summed E-state index contributed by atoms with van der Waals surface area (Å²) < 4.78 is 0. The second-order valence-corrected chi connectivity index (χ2v) is 4.67. The lowest BCUT2D eigenvalue weighted by Crippen LogP contribution is -2.44. The van der Waals surface area contributed by atoms with Gasteiger partial charge in [-0.15, -0.1) is 0 Å². The number of likely N-dealkylation sites (N-methyl/N-ethyl adjacent to an activating group) is 1. The van der Waals surface area contributed by atoms with Crippen molar-refractivity contribution in [3.8, 4) is 0 Å². The molecule has 2 unspecified atom stereocenters. The average Bonchev–Trinajstić information content (AvgIpc) is 2.29. The fourth-order valence-corrected chi connectivity index (χ4v) is 2.55. The van der Waals surface area contributed by atoms with Crippen LogP contribution in [0.15, 0.2) is 18.3 Å². The zero-order valence-electron chi connectivity index (χ0n) is 10.1. The SMILES string of the molecule is Cc1cccnc1N(C)C1CCCCC1O. The summed E-state index contributed by atoms with van der Waals surface area (Å²) >= 11 is 0. The second kappa shape index (κ2) is 4.83. The van der Waals surface area contributed by atoms with Crippen molar-refractivity contribution in [1.29, 1.82) is 0 Å². The first-order valence-electron chi connectivity index (χ1n) is 6.02. The summed E-state index contributed by atoms with van der Waals surface area (Å²) in [5.74, 6) is 0.994. The number of aromatic nitrogens is 1. The molecule has 3 heteroatoms. The summed E-state index contributed by atoms with van der Waals surface area (Å²) in [7, 11) is 2.04. The molecule has 1 aliphatic rings. The number of nitrogens with zero attached hydrogens (tertiary/aromatic N) is 2. The molecule has 0 saturated heterocycles. The minimum absolute atomic E-state index is 0.208. The minimum atomic E-state index is -0.208. The molecular formula is C13H20N2O. The largest absolute Gasteiger partial charge is 0.391 e. The first kappa shape index (κ1) is 11.4. The van der Waals surface area contributed by atoms with Gasteiger partial charge in [-0.3, -0.25) is 0 Å². The summed E-state index contributed by atoms with van der Waals surface area (Å²) in [4.78, 5) is 6.54. The first-order valence-corrected chi connectivity index (χ1v) is 6.02. The van der Waals surface area contributed by atoms with Gasteiger partial charge in [0.2, 0.25) is 0 Å². The van der Waals surface area contributed by atoms with E-state index >= 15 is 0 Å². The van der Waals surface area contributed by atoms with Gasteiger partial charge in [0.25, 0.3) is 0 Å². The van der Waals surface area contributed by atoms with Crippen LogP contribution in [0.1, 0.15) is 31.2 Å². The van der Waals surface area contributed by atoms with Crippen molar-refractivity contribution in [3.63, 3.8) is 0 Å². The van der Waals surface area contributed by atoms with E-state index in [0.29, 0.717) is 0 Å². The van der Waals surface area contributed by atoms with Crippen LogP contribution in [0.5, 0.6) is 0 Å². The molecule has 1 aliphatic carbocycles. The maximum atomic E-state index is 10.0. The van der Waals surface area contributed by atoms with Gasteiger partial charge in [-0.25, -0.2) is 4.98 Å². The fraction of sp³-hybridized carbons (Fsp3) is 0.615. The molecule has 1 fully saturated rings. The molecular weight excluding hydrogens is 200 g/mol. The van der Waals surface area contributed by atoms with Crippen LogP contribution in [0.25, 0.3) is 0 Å². The highest BCUT2D eigenvalue weighted by atomic mass is 16.3. The third-order valence-corrected chi connectivity index (χ3v) is 3.51. The van der Waals surface area contributed by atoms with Gasteiger partial charge < -0.3 is 10.0 Å². The van der Waals surface area contributed by atoms with Gasteiger partial charge in [0.15, 0.2) is 0 Å². The van der Waals surface area contributed by atoms with Crippen LogP contribution in [-0.2, 0) is 0 Å². The smallest absolute Gasteiger partial charge is 0.131 e. The van der Waals surface area contributed by atoms with E-state index < -0.39 is 0 Å². The van der Waals surface area contributed by atoms with Crippen molar-refractivity contribution in [2.45, 2.75) is 44.8 Å². The molecule has 0 spiro atoms. The van der Waals surface area contributed by atoms with E-state index in [1.807, 2.05) is 19.3 Å². The number of aryl methyl sites for hydroxylation is 1. The van der Waals surface area contributed by atoms with Crippen molar-refractivity contribution in [2.24, 2.45) is 0 Å². The van der Waals surface area contributed by atoms with Gasteiger partial charge in [0, 0.05) is 13.2 Å². The Labute approximate surface area is 97.1 Å². The number of aliphatic hydroxyl groups excluding tert-OH is 1. The number of anilines is 1. The Bertz CT molecular complexity index is 354. The fourth-order valence-electron chi connectivity index (χ4n) is 2.55. The maximum absolute atomic E-state index is 10.0. The van der Waals surface area contributed by atoms with Gasteiger partial charge in [0.05, 0.1) is 12.1 Å². The second-order valence-electron chi connectivity index (χ2n) is 4.67. The van der Waals surface area contributed by atoms with E-state index in [0.717, 1.165) is 25.1 Å². The molecule has 1 aromatic rings. The lowest BCUT2D eigenvalue weighted by molar-refractivity contribution is 0.106. The number of hydrogen-bond acceptors (Lipinski definition) is 3. The molecule has 0 amide bonds. The minimum Gasteiger partial charge on any atom is -0.391 e. The van der Waals surface area contributed by atoms with E-state index in [1.165, 1.54) is 12.0 Å². The topological polar surface area (TPSA) is 36.4 Å². The van der Waals surface area contributed by atoms with Gasteiger partial charge in [-0.1, -0.05) is 18.9 Å². The van der Waals surface area contributed by atoms with E-state index in [9.17, 15) is 5.11 Å². The zero-order valence-corrected chi connectivity index (χ0v) is 10.1. The third kappa shape index (κ3) is 2.19. The average molecular weight is 220 g/mol. The number of rotatable bonds is 2. The van der Waals surface area contributed by atoms with Crippen LogP contribution in [0.3, 0.4) is 0 Å². The Morgan fingerprint density at radius 3 is 2.81 bits per heavy atom. The van der Waals surface area contributed by atoms with Gasteiger partial charge in [-0.2, -0.15) is 0 Å². The molecule has 0 aliphatic heterocycles. The molecule has 1 heterocycles. The van der Waals surface area contributed by atoms with E-state index in [4.69, 9.17) is 0 Å². The molecule has 0 radical (unpaired) electrons. The van der Waals surface area contributed by atoms with Gasteiger partial charge in [-0.05, 0) is 31.4 Å². The molecule has 0 aromatic carbocycles. The Hall–Kier alpha value is -1.09. The quantitative estimate of drug-likeness (QED) is 0.829. The molecule has 2 rings (SSSR count). The normalized spacial score (nSPS) is 25.4. The van der Waals surface area contributed by atoms with E-state index in [-0.39, 0.29) is 12.1 Å². The summed E-state index contributed by atoms with van der Waals surface area (Å²) in [6.45, 7) is 2.06. The standard InChI is InChI=1S/C13H20N2O/c1-10-6-5-9-14-13(10)15(2)11-7-3-4-8-12(11)16/h5-6,9,11-12,16H,3-4,7-8H2,1-2H3. The van der Waals surface area contributed by atoms with Gasteiger partial charge in [0.1, 0.15) is 5.82 Å². The van der Waals surface area contributed by atoms with Crippen LogP contribution in [-0.4, -0.2) is 29.3 Å². The molecule has 16 heavy (non-hydrogen) atoms. The van der Waals surface area contributed by atoms with Crippen LogP contribution >= 0.6 is 0 Å². The Morgan fingerprint density at radius 1 is 1.38 bits per heavy atom. The lowest BCUT2D eigenvalue weighted by Gasteiger charge is -2.36. The highest BCUT2D eigenvalue weighted by molar-refractivity contribution is 5.46. The van der Waals surface area contributed by atoms with E-state index in [1.54, 1.807) is 0 Å². The lowest BCUT2D eigenvalue weighted by atomic mass is 9.91. The monoisotopic (exact) mass is 220 g/mol. The summed E-state index contributed by atoms with van der Waals surface area (Å²) in [5.41, 5.74) is 1.17. The molecule has 1 saturated carbocycles.